The molecule has 2 aromatic rings. The van der Waals surface area contributed by atoms with Crippen molar-refractivity contribution in [2.75, 3.05) is 0 Å². The van der Waals surface area contributed by atoms with Crippen LogP contribution in [0.5, 0.6) is 0 Å². The summed E-state index contributed by atoms with van der Waals surface area (Å²) in [5.74, 6) is 0. The quantitative estimate of drug-likeness (QED) is 0.402. The van der Waals surface area contributed by atoms with Crippen molar-refractivity contribution < 1.29 is 4.92 Å². The average Bonchev–Trinajstić information content (AvgIpc) is 2.45. The minimum absolute atomic E-state index is 0.0119. The molecule has 8 nitrogen and oxygen atoms in total. The molecule has 0 fully saturated rings. The Labute approximate surface area is 136 Å². The van der Waals surface area contributed by atoms with E-state index in [4.69, 9.17) is 12.2 Å². The fourth-order valence-electron chi connectivity index (χ4n) is 1.87. The Hall–Kier alpha value is -2.68. The van der Waals surface area contributed by atoms with Gasteiger partial charge in [0.05, 0.1) is 16.7 Å². The Morgan fingerprint density at radius 1 is 1.39 bits per heavy atom. The third-order valence-corrected chi connectivity index (χ3v) is 3.27. The van der Waals surface area contributed by atoms with Crippen LogP contribution in [0.4, 0.5) is 5.69 Å². The third-order valence-electron chi connectivity index (χ3n) is 3.01. The second-order valence-corrected chi connectivity index (χ2v) is 6.19. The molecule has 0 bridgehead atoms. The number of benzene rings is 1. The van der Waals surface area contributed by atoms with E-state index in [0.717, 1.165) is 4.68 Å². The molecular formula is C14H15N5O3S. The van der Waals surface area contributed by atoms with Crippen molar-refractivity contribution in [2.45, 2.75) is 26.2 Å². The molecule has 0 unspecified atom stereocenters. The summed E-state index contributed by atoms with van der Waals surface area (Å²) < 4.78 is 0.984. The van der Waals surface area contributed by atoms with E-state index < -0.39 is 15.9 Å². The maximum Gasteiger partial charge on any atom is 0.297 e. The number of nitro benzene ring substituents is 1. The molecule has 0 aliphatic heterocycles. The first kappa shape index (κ1) is 16.7. The van der Waals surface area contributed by atoms with Crippen molar-refractivity contribution in [1.29, 1.82) is 0 Å². The maximum absolute atomic E-state index is 12.4. The first-order chi connectivity index (χ1) is 10.7. The molecule has 1 aromatic carbocycles. The molecule has 0 amide bonds. The summed E-state index contributed by atoms with van der Waals surface area (Å²) in [6.45, 7) is 5.51. The molecule has 0 aliphatic rings. The van der Waals surface area contributed by atoms with Crippen molar-refractivity contribution in [3.05, 3.63) is 60.8 Å². The number of hydrogen-bond acceptors (Lipinski definition) is 6. The van der Waals surface area contributed by atoms with Crippen molar-refractivity contribution in [1.82, 2.24) is 14.9 Å². The number of H-pyrrole nitrogens is 1. The van der Waals surface area contributed by atoms with E-state index >= 15 is 0 Å². The number of nitrogens with one attached hydrogen (secondary N) is 1. The summed E-state index contributed by atoms with van der Waals surface area (Å²) >= 11 is 5.02. The van der Waals surface area contributed by atoms with Crippen LogP contribution in [-0.2, 0) is 5.41 Å². The van der Waals surface area contributed by atoms with Crippen LogP contribution in [0.15, 0.2) is 34.2 Å². The summed E-state index contributed by atoms with van der Waals surface area (Å²) in [5, 5.41) is 21.5. The smallest absolute Gasteiger partial charge is 0.265 e. The molecule has 1 aromatic heterocycles. The van der Waals surface area contributed by atoms with E-state index in [0.29, 0.717) is 0 Å². The highest BCUT2D eigenvalue weighted by atomic mass is 32.1. The van der Waals surface area contributed by atoms with E-state index in [1.165, 1.54) is 18.3 Å². The summed E-state index contributed by atoms with van der Waals surface area (Å²) in [5.41, 5.74) is -0.522. The van der Waals surface area contributed by atoms with Gasteiger partial charge in [-0.2, -0.15) is 14.9 Å². The molecule has 0 spiro atoms. The van der Waals surface area contributed by atoms with Crippen LogP contribution >= 0.6 is 12.2 Å². The van der Waals surface area contributed by atoms with Crippen LogP contribution in [0.25, 0.3) is 0 Å². The summed E-state index contributed by atoms with van der Waals surface area (Å²) in [6.07, 6.45) is 1.23. The Morgan fingerprint density at radius 2 is 2.04 bits per heavy atom. The zero-order chi connectivity index (χ0) is 17.2. The van der Waals surface area contributed by atoms with Gasteiger partial charge in [-0.05, 0) is 18.3 Å². The normalized spacial score (nSPS) is 11.8. The van der Waals surface area contributed by atoms with Gasteiger partial charge in [0.2, 0.25) is 4.77 Å². The zero-order valence-electron chi connectivity index (χ0n) is 12.8. The lowest BCUT2D eigenvalue weighted by molar-refractivity contribution is -0.385. The van der Waals surface area contributed by atoms with Crippen LogP contribution < -0.4 is 5.56 Å². The van der Waals surface area contributed by atoms with E-state index in [1.807, 2.05) is 20.8 Å². The molecule has 9 heteroatoms. The number of aromatic amines is 1. The van der Waals surface area contributed by atoms with Crippen molar-refractivity contribution in [2.24, 2.45) is 5.10 Å². The monoisotopic (exact) mass is 333 g/mol. The number of para-hydroxylation sites is 1. The summed E-state index contributed by atoms with van der Waals surface area (Å²) in [7, 11) is 0. The van der Waals surface area contributed by atoms with Gasteiger partial charge in [0.15, 0.2) is 0 Å². The predicted octanol–water partition coefficient (Wildman–Crippen LogP) is 2.39. The number of nitro groups is 1. The average molecular weight is 333 g/mol. The molecule has 1 heterocycles. The van der Waals surface area contributed by atoms with Gasteiger partial charge < -0.3 is 0 Å². The van der Waals surface area contributed by atoms with Crippen molar-refractivity contribution in [3.63, 3.8) is 0 Å². The van der Waals surface area contributed by atoms with E-state index in [-0.39, 0.29) is 21.7 Å². The SMILES string of the molecule is CC(C)(C)c1n[nH]c(=S)n(/N=C\c2ccccc2[N+](=O)[O-])c1=O. The van der Waals surface area contributed by atoms with E-state index in [1.54, 1.807) is 12.1 Å². The van der Waals surface area contributed by atoms with Gasteiger partial charge in [0, 0.05) is 11.5 Å². The van der Waals surface area contributed by atoms with Crippen LogP contribution in [0.3, 0.4) is 0 Å². The minimum Gasteiger partial charge on any atom is -0.265 e. The van der Waals surface area contributed by atoms with Gasteiger partial charge >= 0.3 is 0 Å². The molecular weight excluding hydrogens is 318 g/mol. The first-order valence-corrected chi connectivity index (χ1v) is 7.12. The lowest BCUT2D eigenvalue weighted by Crippen LogP contribution is -2.32. The second kappa shape index (κ2) is 6.21. The highest BCUT2D eigenvalue weighted by Crippen LogP contribution is 2.16. The number of aromatic nitrogens is 3. The zero-order valence-corrected chi connectivity index (χ0v) is 13.6. The topological polar surface area (TPSA) is 106 Å². The highest BCUT2D eigenvalue weighted by molar-refractivity contribution is 7.71. The fraction of sp³-hybridized carbons (Fsp3) is 0.286. The standard InChI is InChI=1S/C14H15N5O3S/c1-14(2,3)11-12(20)18(13(23)17-16-11)15-8-9-6-4-5-7-10(9)19(21)22/h4-8H,1-3H3,(H,17,23)/b15-8-. The molecule has 0 aliphatic carbocycles. The van der Waals surface area contributed by atoms with E-state index in [9.17, 15) is 14.9 Å². The van der Waals surface area contributed by atoms with Crippen molar-refractivity contribution in [3.8, 4) is 0 Å². The maximum atomic E-state index is 12.4. The van der Waals surface area contributed by atoms with Crippen molar-refractivity contribution >= 4 is 24.1 Å². The van der Waals surface area contributed by atoms with Gasteiger partial charge in [0.1, 0.15) is 5.69 Å². The lowest BCUT2D eigenvalue weighted by atomic mass is 9.93. The molecule has 0 saturated carbocycles. The van der Waals surface area contributed by atoms with Gasteiger partial charge in [-0.15, -0.1) is 0 Å². The van der Waals surface area contributed by atoms with Gasteiger partial charge in [0.25, 0.3) is 11.2 Å². The predicted molar refractivity (Wildman–Crippen MR) is 88.5 cm³/mol. The fourth-order valence-corrected chi connectivity index (χ4v) is 2.04. The highest BCUT2D eigenvalue weighted by Gasteiger charge is 2.21. The van der Waals surface area contributed by atoms with Crippen LogP contribution in [0, 0.1) is 14.9 Å². The van der Waals surface area contributed by atoms with Crippen LogP contribution in [-0.4, -0.2) is 26.0 Å². The Bertz CT molecular complexity index is 892. The van der Waals surface area contributed by atoms with Crippen LogP contribution in [0.1, 0.15) is 32.0 Å². The lowest BCUT2D eigenvalue weighted by Gasteiger charge is -2.16. The van der Waals surface area contributed by atoms with E-state index in [2.05, 4.69) is 15.3 Å². The molecule has 0 saturated heterocycles. The summed E-state index contributed by atoms with van der Waals surface area (Å²) in [6, 6.07) is 6.09. The minimum atomic E-state index is -0.516. The molecule has 2 rings (SSSR count). The Balaban J connectivity index is 2.56. The molecule has 0 atom stereocenters. The molecule has 120 valence electrons. The third kappa shape index (κ3) is 3.57. The number of rotatable bonds is 3. The van der Waals surface area contributed by atoms with Gasteiger partial charge in [-0.25, -0.2) is 0 Å². The Kier molecular flexibility index (Phi) is 4.50. The molecule has 0 radical (unpaired) electrons. The van der Waals surface area contributed by atoms with Gasteiger partial charge in [-0.3, -0.25) is 20.0 Å². The summed E-state index contributed by atoms with van der Waals surface area (Å²) in [4.78, 5) is 22.9. The van der Waals surface area contributed by atoms with Gasteiger partial charge in [-0.1, -0.05) is 32.9 Å². The first-order valence-electron chi connectivity index (χ1n) is 6.72. The number of nitrogens with zero attached hydrogens (tertiary/aromatic N) is 4. The Morgan fingerprint density at radius 3 is 2.65 bits per heavy atom. The second-order valence-electron chi connectivity index (χ2n) is 5.80. The molecule has 23 heavy (non-hydrogen) atoms. The number of hydrogen-bond donors (Lipinski definition) is 1. The van der Waals surface area contributed by atoms with Crippen LogP contribution in [0.2, 0.25) is 0 Å². The molecule has 1 N–H and O–H groups in total. The largest absolute Gasteiger partial charge is 0.297 e.